The van der Waals surface area contributed by atoms with Gasteiger partial charge in [0.15, 0.2) is 0 Å². The van der Waals surface area contributed by atoms with Crippen LogP contribution in [0.3, 0.4) is 0 Å². The number of likely N-dealkylation sites (N-methyl/N-ethyl adjacent to an activating group) is 1. The zero-order valence-electron chi connectivity index (χ0n) is 9.87. The molecule has 14 heavy (non-hydrogen) atoms. The van der Waals surface area contributed by atoms with E-state index >= 15 is 0 Å². The molecule has 0 spiro atoms. The van der Waals surface area contributed by atoms with Gasteiger partial charge in [-0.3, -0.25) is 4.90 Å². The van der Waals surface area contributed by atoms with E-state index in [1.54, 1.807) is 0 Å². The molecule has 0 aromatic heterocycles. The summed E-state index contributed by atoms with van der Waals surface area (Å²) in [5.41, 5.74) is 5.56. The number of hydrogen-bond donors (Lipinski definition) is 1. The predicted octanol–water partition coefficient (Wildman–Crippen LogP) is 0.607. The van der Waals surface area contributed by atoms with Crippen LogP contribution in [0, 0.1) is 5.92 Å². The average molecular weight is 199 g/mol. The first-order chi connectivity index (χ1) is 6.63. The Labute approximate surface area is 88.2 Å². The summed E-state index contributed by atoms with van der Waals surface area (Å²) in [5, 5.41) is 0. The van der Waals surface area contributed by atoms with Gasteiger partial charge in [0, 0.05) is 32.2 Å². The first-order valence-corrected chi connectivity index (χ1v) is 5.76. The lowest BCUT2D eigenvalue weighted by Crippen LogP contribution is -2.51. The molecule has 3 nitrogen and oxygen atoms in total. The molecule has 1 heterocycles. The maximum absolute atomic E-state index is 5.56. The molecule has 2 unspecified atom stereocenters. The molecule has 0 saturated carbocycles. The average Bonchev–Trinajstić information content (AvgIpc) is 2.10. The topological polar surface area (TPSA) is 32.5 Å². The first-order valence-electron chi connectivity index (χ1n) is 5.76. The van der Waals surface area contributed by atoms with Gasteiger partial charge in [0.05, 0.1) is 0 Å². The van der Waals surface area contributed by atoms with Crippen molar-refractivity contribution in [2.75, 3.05) is 39.8 Å². The van der Waals surface area contributed by atoms with Gasteiger partial charge in [-0.25, -0.2) is 0 Å². The largest absolute Gasteiger partial charge is 0.330 e. The highest BCUT2D eigenvalue weighted by Crippen LogP contribution is 2.11. The van der Waals surface area contributed by atoms with Crippen LogP contribution in [0.25, 0.3) is 0 Å². The Morgan fingerprint density at radius 3 is 2.71 bits per heavy atom. The highest BCUT2D eigenvalue weighted by molar-refractivity contribution is 4.78. The third kappa shape index (κ3) is 3.56. The third-order valence-electron chi connectivity index (χ3n) is 3.17. The summed E-state index contributed by atoms with van der Waals surface area (Å²) in [6, 6.07) is 0.703. The second-order valence-electron chi connectivity index (χ2n) is 4.79. The molecule has 1 fully saturated rings. The van der Waals surface area contributed by atoms with E-state index in [0.29, 0.717) is 6.04 Å². The van der Waals surface area contributed by atoms with Crippen LogP contribution in [0.2, 0.25) is 0 Å². The summed E-state index contributed by atoms with van der Waals surface area (Å²) in [6.45, 7) is 10.3. The molecule has 84 valence electrons. The zero-order chi connectivity index (χ0) is 10.6. The normalized spacial score (nSPS) is 27.9. The lowest BCUT2D eigenvalue weighted by atomic mass is 10.1. The van der Waals surface area contributed by atoms with Crippen molar-refractivity contribution in [3.05, 3.63) is 0 Å². The van der Waals surface area contributed by atoms with Gasteiger partial charge in [-0.15, -0.1) is 0 Å². The smallest absolute Gasteiger partial charge is 0.0195 e. The van der Waals surface area contributed by atoms with E-state index in [2.05, 4.69) is 30.7 Å². The Hall–Kier alpha value is -0.120. The van der Waals surface area contributed by atoms with Crippen molar-refractivity contribution in [2.24, 2.45) is 11.7 Å². The van der Waals surface area contributed by atoms with Crippen LogP contribution in [0.4, 0.5) is 0 Å². The van der Waals surface area contributed by atoms with E-state index in [4.69, 9.17) is 5.73 Å². The van der Waals surface area contributed by atoms with Gasteiger partial charge >= 0.3 is 0 Å². The molecule has 1 aliphatic heterocycles. The van der Waals surface area contributed by atoms with Crippen molar-refractivity contribution < 1.29 is 0 Å². The van der Waals surface area contributed by atoms with Crippen molar-refractivity contribution in [1.29, 1.82) is 0 Å². The summed E-state index contributed by atoms with van der Waals surface area (Å²) in [5.74, 6) is 0.742. The van der Waals surface area contributed by atoms with Gasteiger partial charge in [0.1, 0.15) is 0 Å². The Bertz CT molecular complexity index is 161. The molecule has 0 aromatic rings. The molecule has 0 aliphatic carbocycles. The minimum Gasteiger partial charge on any atom is -0.330 e. The van der Waals surface area contributed by atoms with Gasteiger partial charge in [-0.2, -0.15) is 0 Å². The summed E-state index contributed by atoms with van der Waals surface area (Å²) in [7, 11) is 2.21. The molecule has 0 amide bonds. The van der Waals surface area contributed by atoms with Crippen LogP contribution >= 0.6 is 0 Å². The van der Waals surface area contributed by atoms with E-state index in [1.165, 1.54) is 26.2 Å². The number of hydrogen-bond acceptors (Lipinski definition) is 3. The van der Waals surface area contributed by atoms with Crippen LogP contribution in [-0.4, -0.2) is 55.6 Å². The molecule has 0 radical (unpaired) electrons. The van der Waals surface area contributed by atoms with Crippen molar-refractivity contribution >= 4 is 0 Å². The third-order valence-corrected chi connectivity index (χ3v) is 3.17. The maximum atomic E-state index is 5.56. The van der Waals surface area contributed by atoms with Gasteiger partial charge in [0.2, 0.25) is 0 Å². The summed E-state index contributed by atoms with van der Waals surface area (Å²) >= 11 is 0. The molecular formula is C11H25N3. The summed E-state index contributed by atoms with van der Waals surface area (Å²) in [4.78, 5) is 5.01. The Morgan fingerprint density at radius 2 is 2.14 bits per heavy atom. The summed E-state index contributed by atoms with van der Waals surface area (Å²) in [6.07, 6.45) is 1.15. The van der Waals surface area contributed by atoms with Gasteiger partial charge in [-0.1, -0.05) is 6.92 Å². The molecule has 1 aliphatic rings. The molecule has 1 saturated heterocycles. The SMILES string of the molecule is CC(CCN)CN1CCN(C)CC1C. The quantitative estimate of drug-likeness (QED) is 0.720. The van der Waals surface area contributed by atoms with Gasteiger partial charge in [-0.05, 0) is 32.9 Å². The second-order valence-corrected chi connectivity index (χ2v) is 4.79. The minimum absolute atomic E-state index is 0.703. The Kier molecular flexibility index (Phi) is 4.85. The van der Waals surface area contributed by atoms with Crippen LogP contribution in [-0.2, 0) is 0 Å². The molecule has 2 atom stereocenters. The fourth-order valence-corrected chi connectivity index (χ4v) is 2.22. The van der Waals surface area contributed by atoms with E-state index in [-0.39, 0.29) is 0 Å². The first kappa shape index (κ1) is 12.0. The monoisotopic (exact) mass is 199 g/mol. The van der Waals surface area contributed by atoms with Gasteiger partial charge in [0.25, 0.3) is 0 Å². The number of rotatable bonds is 4. The fraction of sp³-hybridized carbons (Fsp3) is 1.00. The van der Waals surface area contributed by atoms with E-state index in [1.807, 2.05) is 0 Å². The fourth-order valence-electron chi connectivity index (χ4n) is 2.22. The van der Waals surface area contributed by atoms with Crippen molar-refractivity contribution in [2.45, 2.75) is 26.3 Å². The Balaban J connectivity index is 2.29. The van der Waals surface area contributed by atoms with E-state index in [0.717, 1.165) is 18.9 Å². The lowest BCUT2D eigenvalue weighted by Gasteiger charge is -2.39. The highest BCUT2D eigenvalue weighted by Gasteiger charge is 2.22. The number of piperazine rings is 1. The standard InChI is InChI=1S/C11H25N3/c1-10(4-5-12)8-14-7-6-13(3)9-11(14)2/h10-11H,4-9,12H2,1-3H3. The second kappa shape index (κ2) is 5.69. The van der Waals surface area contributed by atoms with Crippen molar-refractivity contribution in [1.82, 2.24) is 9.80 Å². The molecule has 0 bridgehead atoms. The lowest BCUT2D eigenvalue weighted by molar-refractivity contribution is 0.0863. The number of nitrogens with zero attached hydrogens (tertiary/aromatic N) is 2. The minimum atomic E-state index is 0.703. The molecule has 0 aromatic carbocycles. The predicted molar refractivity (Wildman–Crippen MR) is 61.4 cm³/mol. The zero-order valence-corrected chi connectivity index (χ0v) is 9.87. The van der Waals surface area contributed by atoms with Gasteiger partial charge < -0.3 is 10.6 Å². The molecular weight excluding hydrogens is 174 g/mol. The molecule has 2 N–H and O–H groups in total. The number of nitrogens with two attached hydrogens (primary N) is 1. The van der Waals surface area contributed by atoms with Crippen LogP contribution < -0.4 is 5.73 Å². The van der Waals surface area contributed by atoms with Crippen molar-refractivity contribution in [3.8, 4) is 0 Å². The molecule has 1 rings (SSSR count). The maximum Gasteiger partial charge on any atom is 0.0195 e. The summed E-state index contributed by atoms with van der Waals surface area (Å²) < 4.78 is 0. The van der Waals surface area contributed by atoms with Crippen LogP contribution in [0.5, 0.6) is 0 Å². The van der Waals surface area contributed by atoms with E-state index in [9.17, 15) is 0 Å². The molecule has 3 heteroatoms. The van der Waals surface area contributed by atoms with Crippen LogP contribution in [0.15, 0.2) is 0 Å². The van der Waals surface area contributed by atoms with Crippen molar-refractivity contribution in [3.63, 3.8) is 0 Å². The highest BCUT2D eigenvalue weighted by atomic mass is 15.3. The van der Waals surface area contributed by atoms with E-state index < -0.39 is 0 Å². The van der Waals surface area contributed by atoms with Crippen LogP contribution in [0.1, 0.15) is 20.3 Å². The Morgan fingerprint density at radius 1 is 1.43 bits per heavy atom.